The molecule has 0 saturated heterocycles. The Labute approximate surface area is 171 Å². The molecule has 29 heavy (non-hydrogen) atoms. The number of hydrogen-bond acceptors (Lipinski definition) is 6. The molecule has 0 spiro atoms. The lowest BCUT2D eigenvalue weighted by atomic mass is 10.2. The van der Waals surface area contributed by atoms with E-state index in [-0.39, 0.29) is 28.9 Å². The molecule has 1 heterocycles. The number of nitro benzene ring substituents is 1. The van der Waals surface area contributed by atoms with Crippen LogP contribution in [0.1, 0.15) is 20.3 Å². The SMILES string of the molecule is CC[C@H](C)NC(=O)CSc1nc2ccccc2c(=O)n1-c1ccc([N+](=O)[O-])cc1. The van der Waals surface area contributed by atoms with Crippen LogP contribution in [0.25, 0.3) is 16.6 Å². The minimum absolute atomic E-state index is 0.0597. The van der Waals surface area contributed by atoms with Crippen molar-refractivity contribution in [3.05, 3.63) is 69.0 Å². The van der Waals surface area contributed by atoms with Gasteiger partial charge < -0.3 is 5.32 Å². The Bertz CT molecular complexity index is 1110. The fourth-order valence-electron chi connectivity index (χ4n) is 2.71. The highest BCUT2D eigenvalue weighted by Gasteiger charge is 2.16. The van der Waals surface area contributed by atoms with E-state index in [4.69, 9.17) is 0 Å². The Morgan fingerprint density at radius 2 is 1.93 bits per heavy atom. The van der Waals surface area contributed by atoms with Gasteiger partial charge in [0.15, 0.2) is 5.16 Å². The standard InChI is InChI=1S/C20H20N4O4S/c1-3-13(2)21-18(25)12-29-20-22-17-7-5-4-6-16(17)19(26)23(20)14-8-10-15(11-9-14)24(27)28/h4-11,13H,3,12H2,1-2H3,(H,21,25)/t13-/m0/s1. The van der Waals surface area contributed by atoms with Crippen molar-refractivity contribution in [2.45, 2.75) is 31.5 Å². The van der Waals surface area contributed by atoms with E-state index in [1.54, 1.807) is 24.3 Å². The number of carbonyl (C=O) groups is 1. The van der Waals surface area contributed by atoms with Crippen LogP contribution in [-0.2, 0) is 4.79 Å². The van der Waals surface area contributed by atoms with Gasteiger partial charge >= 0.3 is 0 Å². The number of hydrogen-bond donors (Lipinski definition) is 1. The Morgan fingerprint density at radius 1 is 1.24 bits per heavy atom. The number of aromatic nitrogens is 2. The Kier molecular flexibility index (Phi) is 6.28. The zero-order valence-corrected chi connectivity index (χ0v) is 16.8. The van der Waals surface area contributed by atoms with Crippen molar-refractivity contribution in [1.82, 2.24) is 14.9 Å². The zero-order valence-electron chi connectivity index (χ0n) is 16.0. The van der Waals surface area contributed by atoms with E-state index < -0.39 is 4.92 Å². The molecule has 3 aromatic rings. The summed E-state index contributed by atoms with van der Waals surface area (Å²) in [5, 5.41) is 14.6. The third kappa shape index (κ3) is 4.62. The number of rotatable bonds is 7. The first-order valence-electron chi connectivity index (χ1n) is 9.09. The summed E-state index contributed by atoms with van der Waals surface area (Å²) in [7, 11) is 0. The van der Waals surface area contributed by atoms with Crippen molar-refractivity contribution in [1.29, 1.82) is 0 Å². The molecular weight excluding hydrogens is 392 g/mol. The highest BCUT2D eigenvalue weighted by Crippen LogP contribution is 2.22. The maximum absolute atomic E-state index is 13.1. The van der Waals surface area contributed by atoms with E-state index in [1.165, 1.54) is 28.8 Å². The fourth-order valence-corrected chi connectivity index (χ4v) is 3.53. The van der Waals surface area contributed by atoms with Gasteiger partial charge in [0.2, 0.25) is 5.91 Å². The van der Waals surface area contributed by atoms with Crippen molar-refractivity contribution in [3.8, 4) is 5.69 Å². The fraction of sp³-hybridized carbons (Fsp3) is 0.250. The number of carbonyl (C=O) groups excluding carboxylic acids is 1. The molecule has 0 aliphatic rings. The third-order valence-electron chi connectivity index (χ3n) is 4.42. The summed E-state index contributed by atoms with van der Waals surface area (Å²) in [5.74, 6) is -0.0516. The summed E-state index contributed by atoms with van der Waals surface area (Å²) in [4.78, 5) is 40.3. The van der Waals surface area contributed by atoms with Crippen molar-refractivity contribution in [2.75, 3.05) is 5.75 Å². The highest BCUT2D eigenvalue weighted by atomic mass is 32.2. The van der Waals surface area contributed by atoms with Gasteiger partial charge in [0.1, 0.15) is 0 Å². The van der Waals surface area contributed by atoms with Gasteiger partial charge in [-0.2, -0.15) is 0 Å². The lowest BCUT2D eigenvalue weighted by Crippen LogP contribution is -2.33. The van der Waals surface area contributed by atoms with Crippen molar-refractivity contribution < 1.29 is 9.72 Å². The molecule has 0 radical (unpaired) electrons. The molecular formula is C20H20N4O4S. The molecule has 150 valence electrons. The van der Waals surface area contributed by atoms with Crippen molar-refractivity contribution in [3.63, 3.8) is 0 Å². The van der Waals surface area contributed by atoms with Crippen molar-refractivity contribution >= 4 is 34.3 Å². The first kappa shape index (κ1) is 20.5. The Balaban J connectivity index is 2.03. The predicted octanol–water partition coefficient (Wildman–Crippen LogP) is 3.30. The van der Waals surface area contributed by atoms with Gasteiger partial charge in [-0.1, -0.05) is 30.8 Å². The molecule has 0 fully saturated rings. The minimum atomic E-state index is -0.500. The second-order valence-electron chi connectivity index (χ2n) is 6.49. The van der Waals surface area contributed by atoms with Gasteiger partial charge in [-0.05, 0) is 37.6 Å². The lowest BCUT2D eigenvalue weighted by molar-refractivity contribution is -0.384. The Hall–Kier alpha value is -3.20. The summed E-state index contributed by atoms with van der Waals surface area (Å²) in [6.07, 6.45) is 0.818. The highest BCUT2D eigenvalue weighted by molar-refractivity contribution is 7.99. The monoisotopic (exact) mass is 412 g/mol. The van der Waals surface area contributed by atoms with Crippen LogP contribution in [0.5, 0.6) is 0 Å². The molecule has 1 amide bonds. The van der Waals surface area contributed by atoms with E-state index in [1.807, 2.05) is 13.8 Å². The van der Waals surface area contributed by atoms with Gasteiger partial charge in [0.05, 0.1) is 27.3 Å². The van der Waals surface area contributed by atoms with E-state index in [2.05, 4.69) is 10.3 Å². The predicted molar refractivity (Wildman–Crippen MR) is 113 cm³/mol. The maximum Gasteiger partial charge on any atom is 0.269 e. The molecule has 8 nitrogen and oxygen atoms in total. The zero-order chi connectivity index (χ0) is 21.0. The van der Waals surface area contributed by atoms with Crippen molar-refractivity contribution in [2.24, 2.45) is 0 Å². The average molecular weight is 412 g/mol. The third-order valence-corrected chi connectivity index (χ3v) is 5.35. The van der Waals surface area contributed by atoms with Crippen LogP contribution in [0.4, 0.5) is 5.69 Å². The van der Waals surface area contributed by atoms with Crippen LogP contribution in [-0.4, -0.2) is 32.2 Å². The smallest absolute Gasteiger partial charge is 0.269 e. The minimum Gasteiger partial charge on any atom is -0.353 e. The van der Waals surface area contributed by atoms with Gasteiger partial charge in [-0.25, -0.2) is 4.98 Å². The summed E-state index contributed by atoms with van der Waals surface area (Å²) >= 11 is 1.15. The second-order valence-corrected chi connectivity index (χ2v) is 7.43. The molecule has 3 rings (SSSR count). The summed E-state index contributed by atoms with van der Waals surface area (Å²) < 4.78 is 1.38. The summed E-state index contributed by atoms with van der Waals surface area (Å²) in [5.41, 5.74) is 0.608. The molecule has 0 bridgehead atoms. The first-order chi connectivity index (χ1) is 13.9. The van der Waals surface area contributed by atoms with Gasteiger partial charge in [-0.3, -0.25) is 24.3 Å². The quantitative estimate of drug-likeness (QED) is 0.276. The number of fused-ring (bicyclic) bond motifs is 1. The van der Waals surface area contributed by atoms with E-state index in [9.17, 15) is 19.7 Å². The molecule has 0 aliphatic heterocycles. The van der Waals surface area contributed by atoms with Crippen LogP contribution < -0.4 is 10.9 Å². The molecule has 1 N–H and O–H groups in total. The molecule has 0 unspecified atom stereocenters. The Morgan fingerprint density at radius 3 is 2.59 bits per heavy atom. The number of amides is 1. The number of nitro groups is 1. The average Bonchev–Trinajstić information content (AvgIpc) is 2.72. The normalized spacial score (nSPS) is 11.9. The molecule has 0 aliphatic carbocycles. The summed E-state index contributed by atoms with van der Waals surface area (Å²) in [6.45, 7) is 3.90. The molecule has 1 atom stereocenters. The van der Waals surface area contributed by atoms with Crippen LogP contribution in [0.2, 0.25) is 0 Å². The topological polar surface area (TPSA) is 107 Å². The largest absolute Gasteiger partial charge is 0.353 e. The molecule has 1 aromatic heterocycles. The lowest BCUT2D eigenvalue weighted by Gasteiger charge is -2.14. The van der Waals surface area contributed by atoms with Crippen LogP contribution in [0, 0.1) is 10.1 Å². The second kappa shape index (κ2) is 8.87. The number of non-ortho nitro benzene ring substituents is 1. The van der Waals surface area contributed by atoms with Crippen LogP contribution in [0.15, 0.2) is 58.5 Å². The van der Waals surface area contributed by atoms with Gasteiger partial charge in [0, 0.05) is 18.2 Å². The van der Waals surface area contributed by atoms with E-state index in [0.717, 1.165) is 18.2 Å². The number of benzene rings is 2. The summed E-state index contributed by atoms with van der Waals surface area (Å²) in [6, 6.07) is 12.7. The van der Waals surface area contributed by atoms with Crippen LogP contribution >= 0.6 is 11.8 Å². The first-order valence-corrected chi connectivity index (χ1v) is 10.1. The number of para-hydroxylation sites is 1. The molecule has 0 saturated carbocycles. The molecule has 2 aromatic carbocycles. The number of nitrogens with zero attached hydrogens (tertiary/aromatic N) is 3. The van der Waals surface area contributed by atoms with Gasteiger partial charge in [0.25, 0.3) is 11.2 Å². The van der Waals surface area contributed by atoms with E-state index in [0.29, 0.717) is 21.7 Å². The van der Waals surface area contributed by atoms with Crippen LogP contribution in [0.3, 0.4) is 0 Å². The maximum atomic E-state index is 13.1. The van der Waals surface area contributed by atoms with E-state index >= 15 is 0 Å². The number of nitrogens with one attached hydrogen (secondary N) is 1. The van der Waals surface area contributed by atoms with Gasteiger partial charge in [-0.15, -0.1) is 0 Å². The molecule has 9 heteroatoms. The number of thioether (sulfide) groups is 1.